The molecule has 102 valence electrons. The fraction of sp³-hybridized carbons (Fsp3) is 0.833. The van der Waals surface area contributed by atoms with Crippen molar-refractivity contribution >= 4 is 11.8 Å². The zero-order valence-corrected chi connectivity index (χ0v) is 10.5. The van der Waals surface area contributed by atoms with Gasteiger partial charge in [0.2, 0.25) is 11.8 Å². The zero-order chi connectivity index (χ0) is 13.0. The summed E-state index contributed by atoms with van der Waals surface area (Å²) in [4.78, 5) is 23.7. The van der Waals surface area contributed by atoms with Gasteiger partial charge >= 0.3 is 0 Å². The number of nitrogens with two attached hydrogens (primary N) is 1. The van der Waals surface area contributed by atoms with Crippen LogP contribution in [0.1, 0.15) is 32.1 Å². The van der Waals surface area contributed by atoms with E-state index >= 15 is 0 Å². The van der Waals surface area contributed by atoms with Gasteiger partial charge in [-0.3, -0.25) is 9.59 Å². The van der Waals surface area contributed by atoms with Crippen molar-refractivity contribution in [1.82, 2.24) is 10.6 Å². The molecular weight excluding hydrogens is 234 g/mol. The molecule has 2 heterocycles. The fourth-order valence-corrected chi connectivity index (χ4v) is 2.41. The van der Waals surface area contributed by atoms with Crippen LogP contribution in [0.3, 0.4) is 0 Å². The Balaban J connectivity index is 1.84. The molecule has 0 aromatic heterocycles. The van der Waals surface area contributed by atoms with Gasteiger partial charge in [0.1, 0.15) is 12.1 Å². The molecule has 2 amide bonds. The predicted octanol–water partition coefficient (Wildman–Crippen LogP) is -0.722. The standard InChI is InChI=1S/C12H21N3O3/c13-7-8-4-5-10(18-8)12(17)15-9-3-1-2-6-14-11(9)16/h8-10H,1-7,13H2,(H,14,16)(H,15,17). The molecule has 0 aromatic carbocycles. The highest BCUT2D eigenvalue weighted by Gasteiger charge is 2.32. The molecule has 0 aliphatic carbocycles. The van der Waals surface area contributed by atoms with E-state index in [1.807, 2.05) is 0 Å². The summed E-state index contributed by atoms with van der Waals surface area (Å²) >= 11 is 0. The lowest BCUT2D eigenvalue weighted by Gasteiger charge is -2.18. The minimum Gasteiger partial charge on any atom is -0.364 e. The summed E-state index contributed by atoms with van der Waals surface area (Å²) in [5.41, 5.74) is 5.50. The van der Waals surface area contributed by atoms with E-state index in [-0.39, 0.29) is 17.9 Å². The van der Waals surface area contributed by atoms with Crippen LogP contribution in [0.2, 0.25) is 0 Å². The number of nitrogens with one attached hydrogen (secondary N) is 2. The number of rotatable bonds is 3. The highest BCUT2D eigenvalue weighted by molar-refractivity contribution is 5.89. The maximum atomic E-state index is 12.0. The quantitative estimate of drug-likeness (QED) is 0.620. The summed E-state index contributed by atoms with van der Waals surface area (Å²) in [7, 11) is 0. The van der Waals surface area contributed by atoms with E-state index in [0.29, 0.717) is 25.9 Å². The average Bonchev–Trinajstić information content (AvgIpc) is 2.77. The van der Waals surface area contributed by atoms with Gasteiger partial charge in [0, 0.05) is 13.1 Å². The minimum atomic E-state index is -0.449. The Kier molecular flexibility index (Phi) is 4.54. The number of carbonyl (C=O) groups excluding carboxylic acids is 2. The molecular formula is C12H21N3O3. The van der Waals surface area contributed by atoms with Crippen LogP contribution in [0.5, 0.6) is 0 Å². The van der Waals surface area contributed by atoms with Gasteiger partial charge in [0.05, 0.1) is 6.10 Å². The Morgan fingerprint density at radius 2 is 2.22 bits per heavy atom. The van der Waals surface area contributed by atoms with Gasteiger partial charge in [-0.25, -0.2) is 0 Å². The van der Waals surface area contributed by atoms with Crippen LogP contribution < -0.4 is 16.4 Å². The van der Waals surface area contributed by atoms with Crippen LogP contribution in [-0.2, 0) is 14.3 Å². The Morgan fingerprint density at radius 3 is 2.94 bits per heavy atom. The number of hydrogen-bond acceptors (Lipinski definition) is 4. The Labute approximate surface area is 107 Å². The number of carbonyl (C=O) groups is 2. The lowest BCUT2D eigenvalue weighted by Crippen LogP contribution is -2.48. The van der Waals surface area contributed by atoms with E-state index in [1.54, 1.807) is 0 Å². The van der Waals surface area contributed by atoms with E-state index in [9.17, 15) is 9.59 Å². The van der Waals surface area contributed by atoms with Gasteiger partial charge in [-0.1, -0.05) is 0 Å². The van der Waals surface area contributed by atoms with Crippen molar-refractivity contribution in [3.05, 3.63) is 0 Å². The SMILES string of the molecule is NCC1CCC(C(=O)NC2CCCCNC2=O)O1. The van der Waals surface area contributed by atoms with Crippen molar-refractivity contribution in [1.29, 1.82) is 0 Å². The first-order valence-corrected chi connectivity index (χ1v) is 6.64. The van der Waals surface area contributed by atoms with Crippen molar-refractivity contribution < 1.29 is 14.3 Å². The second kappa shape index (κ2) is 6.15. The molecule has 4 N–H and O–H groups in total. The van der Waals surface area contributed by atoms with Gasteiger partial charge in [0.15, 0.2) is 0 Å². The first-order chi connectivity index (χ1) is 8.70. The van der Waals surface area contributed by atoms with Gasteiger partial charge in [-0.15, -0.1) is 0 Å². The third-order valence-corrected chi connectivity index (χ3v) is 3.51. The molecule has 0 radical (unpaired) electrons. The van der Waals surface area contributed by atoms with Gasteiger partial charge in [-0.2, -0.15) is 0 Å². The Morgan fingerprint density at radius 1 is 1.39 bits per heavy atom. The highest BCUT2D eigenvalue weighted by atomic mass is 16.5. The summed E-state index contributed by atoms with van der Waals surface area (Å²) in [6, 6.07) is -0.416. The first kappa shape index (κ1) is 13.3. The lowest BCUT2D eigenvalue weighted by molar-refractivity contribution is -0.135. The lowest BCUT2D eigenvalue weighted by atomic mass is 10.1. The molecule has 18 heavy (non-hydrogen) atoms. The van der Waals surface area contributed by atoms with Gasteiger partial charge in [0.25, 0.3) is 0 Å². The molecule has 2 aliphatic heterocycles. The maximum absolute atomic E-state index is 12.0. The van der Waals surface area contributed by atoms with E-state index < -0.39 is 12.1 Å². The predicted molar refractivity (Wildman–Crippen MR) is 65.7 cm³/mol. The molecule has 0 saturated carbocycles. The molecule has 2 aliphatic rings. The van der Waals surface area contributed by atoms with E-state index in [1.165, 1.54) is 0 Å². The summed E-state index contributed by atoms with van der Waals surface area (Å²) in [5, 5.41) is 5.57. The van der Waals surface area contributed by atoms with Crippen LogP contribution >= 0.6 is 0 Å². The molecule has 6 nitrogen and oxygen atoms in total. The largest absolute Gasteiger partial charge is 0.364 e. The smallest absolute Gasteiger partial charge is 0.249 e. The van der Waals surface area contributed by atoms with Gasteiger partial charge in [-0.05, 0) is 32.1 Å². The van der Waals surface area contributed by atoms with Crippen LogP contribution in [-0.4, -0.2) is 43.2 Å². The van der Waals surface area contributed by atoms with Crippen molar-refractivity contribution in [3.63, 3.8) is 0 Å². The molecule has 2 rings (SSSR count). The minimum absolute atomic E-state index is 0.0243. The highest BCUT2D eigenvalue weighted by Crippen LogP contribution is 2.19. The summed E-state index contributed by atoms with van der Waals surface area (Å²) < 4.78 is 5.51. The summed E-state index contributed by atoms with van der Waals surface area (Å²) in [5.74, 6) is -0.276. The second-order valence-corrected chi connectivity index (χ2v) is 4.91. The number of ether oxygens (including phenoxy) is 1. The molecule has 3 atom stereocenters. The van der Waals surface area contributed by atoms with Crippen LogP contribution in [0, 0.1) is 0 Å². The molecule has 0 bridgehead atoms. The monoisotopic (exact) mass is 255 g/mol. The van der Waals surface area contributed by atoms with E-state index in [2.05, 4.69) is 10.6 Å². The average molecular weight is 255 g/mol. The second-order valence-electron chi connectivity index (χ2n) is 4.91. The Hall–Kier alpha value is -1.14. The molecule has 0 spiro atoms. The normalized spacial score (nSPS) is 32.7. The zero-order valence-electron chi connectivity index (χ0n) is 10.5. The molecule has 6 heteroatoms. The third kappa shape index (κ3) is 3.20. The molecule has 3 unspecified atom stereocenters. The molecule has 0 aromatic rings. The van der Waals surface area contributed by atoms with Crippen LogP contribution in [0.15, 0.2) is 0 Å². The fourth-order valence-electron chi connectivity index (χ4n) is 2.41. The number of amides is 2. The topological polar surface area (TPSA) is 93.5 Å². The van der Waals surface area contributed by atoms with Crippen molar-refractivity contribution in [2.24, 2.45) is 5.73 Å². The summed E-state index contributed by atoms with van der Waals surface area (Å²) in [6.45, 7) is 1.13. The first-order valence-electron chi connectivity index (χ1n) is 6.64. The summed E-state index contributed by atoms with van der Waals surface area (Å²) in [6.07, 6.45) is 3.63. The Bertz CT molecular complexity index is 322. The van der Waals surface area contributed by atoms with Crippen molar-refractivity contribution in [3.8, 4) is 0 Å². The number of hydrogen-bond donors (Lipinski definition) is 3. The van der Waals surface area contributed by atoms with Crippen LogP contribution in [0.4, 0.5) is 0 Å². The van der Waals surface area contributed by atoms with E-state index in [4.69, 9.17) is 10.5 Å². The van der Waals surface area contributed by atoms with E-state index in [0.717, 1.165) is 19.3 Å². The van der Waals surface area contributed by atoms with Gasteiger partial charge < -0.3 is 21.1 Å². The van der Waals surface area contributed by atoms with Crippen molar-refractivity contribution in [2.75, 3.05) is 13.1 Å². The van der Waals surface area contributed by atoms with Crippen molar-refractivity contribution in [2.45, 2.75) is 50.4 Å². The molecule has 2 saturated heterocycles. The maximum Gasteiger partial charge on any atom is 0.249 e. The van der Waals surface area contributed by atoms with Crippen LogP contribution in [0.25, 0.3) is 0 Å². The third-order valence-electron chi connectivity index (χ3n) is 3.51. The molecule has 2 fully saturated rings.